The fourth-order valence-corrected chi connectivity index (χ4v) is 6.62. The highest BCUT2D eigenvalue weighted by Crippen LogP contribution is 2.60. The third-order valence-corrected chi connectivity index (χ3v) is 9.32. The van der Waals surface area contributed by atoms with Crippen LogP contribution in [0.15, 0.2) is 24.3 Å². The van der Waals surface area contributed by atoms with Crippen LogP contribution in [-0.2, 0) is 23.9 Å². The molecule has 0 spiro atoms. The number of carbonyl (C=O) groups excluding carboxylic acids is 4. The second kappa shape index (κ2) is 8.00. The largest absolute Gasteiger partial charge is 0.454 e. The van der Waals surface area contributed by atoms with Gasteiger partial charge in [-0.3, -0.25) is 24.1 Å². The zero-order valence-corrected chi connectivity index (χ0v) is 18.9. The number of likely N-dealkylation sites (tertiary alicyclic amines) is 1. The number of amides is 3. The van der Waals surface area contributed by atoms with Gasteiger partial charge in [0.1, 0.15) is 6.54 Å². The minimum absolute atomic E-state index is 0.0806. The molecule has 4 rings (SSSR count). The number of fused-ring (bicyclic) bond motifs is 5. The van der Waals surface area contributed by atoms with Crippen molar-refractivity contribution < 1.29 is 23.9 Å². The van der Waals surface area contributed by atoms with Gasteiger partial charge in [-0.2, -0.15) is 0 Å². The van der Waals surface area contributed by atoms with Gasteiger partial charge in [-0.05, 0) is 42.5 Å². The van der Waals surface area contributed by atoms with Gasteiger partial charge in [-0.15, -0.1) is 0 Å². The van der Waals surface area contributed by atoms with E-state index < -0.39 is 25.0 Å². The van der Waals surface area contributed by atoms with Crippen molar-refractivity contribution in [2.24, 2.45) is 23.7 Å². The molecule has 29 heavy (non-hydrogen) atoms. The molecule has 1 aliphatic heterocycles. The van der Waals surface area contributed by atoms with Crippen LogP contribution in [0.4, 0.5) is 5.69 Å². The van der Waals surface area contributed by atoms with Crippen LogP contribution in [0.3, 0.4) is 0 Å². The maximum absolute atomic E-state index is 12.8. The first-order chi connectivity index (χ1) is 13.8. The first-order valence-electron chi connectivity index (χ1n) is 9.12. The lowest BCUT2D eigenvalue weighted by atomic mass is 9.81. The molecule has 1 heterocycles. The van der Waals surface area contributed by atoms with E-state index in [9.17, 15) is 19.2 Å². The average molecular weight is 549 g/mol. The molecule has 0 radical (unpaired) electrons. The Morgan fingerprint density at radius 1 is 1.07 bits per heavy atom. The molecule has 10 heteroatoms. The summed E-state index contributed by atoms with van der Waals surface area (Å²) < 4.78 is 4.95. The highest BCUT2D eigenvalue weighted by Gasteiger charge is 2.66. The molecule has 1 aromatic carbocycles. The van der Waals surface area contributed by atoms with Crippen LogP contribution in [-0.4, -0.2) is 51.4 Å². The van der Waals surface area contributed by atoms with Crippen LogP contribution >= 0.6 is 43.5 Å². The van der Waals surface area contributed by atoms with Gasteiger partial charge in [0.2, 0.25) is 11.8 Å². The van der Waals surface area contributed by atoms with Crippen molar-refractivity contribution in [1.82, 2.24) is 4.90 Å². The molecule has 3 fully saturated rings. The topological polar surface area (TPSA) is 92.8 Å². The Labute approximate surface area is 188 Å². The Kier molecular flexibility index (Phi) is 5.74. The fraction of sp³-hybridized carbons (Fsp3) is 0.474. The number of imide groups is 1. The van der Waals surface area contributed by atoms with Gasteiger partial charge < -0.3 is 10.1 Å². The number of hydrogen-bond acceptors (Lipinski definition) is 5. The second-order valence-electron chi connectivity index (χ2n) is 7.48. The number of benzene rings is 1. The minimum Gasteiger partial charge on any atom is -0.454 e. The lowest BCUT2D eigenvalue weighted by molar-refractivity contribution is -0.154. The average Bonchev–Trinajstić information content (AvgIpc) is 3.29. The number of ether oxygens (including phenoxy) is 1. The first kappa shape index (κ1) is 20.8. The summed E-state index contributed by atoms with van der Waals surface area (Å²) in [5.41, 5.74) is 0.511. The molecule has 1 N–H and O–H groups in total. The summed E-state index contributed by atoms with van der Waals surface area (Å²) in [7, 11) is 0. The van der Waals surface area contributed by atoms with Gasteiger partial charge in [-0.25, -0.2) is 0 Å². The summed E-state index contributed by atoms with van der Waals surface area (Å²) >= 11 is 13.0. The summed E-state index contributed by atoms with van der Waals surface area (Å²) in [4.78, 5) is 50.8. The number of anilines is 1. The number of nitrogens with zero attached hydrogens (tertiary/aromatic N) is 1. The third kappa shape index (κ3) is 3.72. The summed E-state index contributed by atoms with van der Waals surface area (Å²) in [5, 5.41) is 3.10. The zero-order chi connectivity index (χ0) is 20.9. The van der Waals surface area contributed by atoms with E-state index in [1.54, 1.807) is 24.3 Å². The van der Waals surface area contributed by atoms with Crippen molar-refractivity contribution in [3.05, 3.63) is 29.3 Å². The van der Waals surface area contributed by atoms with Crippen LogP contribution in [0.25, 0.3) is 0 Å². The Bertz CT molecular complexity index is 848. The van der Waals surface area contributed by atoms with Gasteiger partial charge in [0, 0.05) is 20.4 Å². The number of carbonyl (C=O) groups is 4. The van der Waals surface area contributed by atoms with Crippen LogP contribution < -0.4 is 5.32 Å². The Morgan fingerprint density at radius 3 is 2.17 bits per heavy atom. The van der Waals surface area contributed by atoms with Crippen molar-refractivity contribution in [3.63, 3.8) is 0 Å². The predicted octanol–water partition coefficient (Wildman–Crippen LogP) is 2.60. The Balaban J connectivity index is 1.31. The van der Waals surface area contributed by atoms with E-state index in [1.165, 1.54) is 0 Å². The smallest absolute Gasteiger partial charge is 0.326 e. The second-order valence-corrected chi connectivity index (χ2v) is 10.0. The van der Waals surface area contributed by atoms with Crippen LogP contribution in [0.5, 0.6) is 0 Å². The summed E-state index contributed by atoms with van der Waals surface area (Å²) in [5.74, 6) is -2.57. The van der Waals surface area contributed by atoms with E-state index in [0.717, 1.165) is 11.3 Å². The molecule has 2 saturated carbocycles. The number of halogens is 3. The molecule has 1 aromatic rings. The lowest BCUT2D eigenvalue weighted by Gasteiger charge is -2.28. The van der Waals surface area contributed by atoms with Crippen molar-refractivity contribution in [2.75, 3.05) is 18.5 Å². The number of nitrogens with one attached hydrogen (secondary N) is 1. The zero-order valence-electron chi connectivity index (χ0n) is 15.0. The van der Waals surface area contributed by atoms with Crippen molar-refractivity contribution >= 4 is 72.8 Å². The third-order valence-electron chi connectivity index (χ3n) is 5.86. The van der Waals surface area contributed by atoms with E-state index in [4.69, 9.17) is 16.3 Å². The van der Waals surface area contributed by atoms with Crippen molar-refractivity contribution in [1.29, 1.82) is 0 Å². The summed E-state index contributed by atoms with van der Waals surface area (Å²) in [6, 6.07) is 6.47. The molecule has 154 valence electrons. The normalized spacial score (nSPS) is 32.4. The quantitative estimate of drug-likeness (QED) is 0.347. The van der Waals surface area contributed by atoms with E-state index in [1.807, 2.05) is 0 Å². The van der Waals surface area contributed by atoms with Crippen LogP contribution in [0, 0.1) is 23.7 Å². The van der Waals surface area contributed by atoms with E-state index in [2.05, 4.69) is 37.2 Å². The molecule has 6 atom stereocenters. The molecule has 3 amide bonds. The van der Waals surface area contributed by atoms with E-state index in [0.29, 0.717) is 10.7 Å². The molecular formula is C19H17Br2ClN2O5. The highest BCUT2D eigenvalue weighted by atomic mass is 79.9. The molecule has 0 aromatic heterocycles. The summed E-state index contributed by atoms with van der Waals surface area (Å²) in [6.45, 7) is -0.985. The SMILES string of the molecule is O=C(COC(=O)CN1C(=O)[C@@H]2[C@H]3C[C@@H]([C@H](Br)[C@@H]3Br)[C@@H]2C1=O)Nc1ccc(Cl)cc1. The number of alkyl halides is 2. The van der Waals surface area contributed by atoms with Gasteiger partial charge in [0.25, 0.3) is 5.91 Å². The van der Waals surface area contributed by atoms with Gasteiger partial charge >= 0.3 is 5.97 Å². The lowest BCUT2D eigenvalue weighted by Crippen LogP contribution is -2.38. The molecular weight excluding hydrogens is 531 g/mol. The Hall–Kier alpha value is -1.45. The van der Waals surface area contributed by atoms with Gasteiger partial charge in [0.15, 0.2) is 6.61 Å². The molecule has 2 aliphatic carbocycles. The molecule has 2 bridgehead atoms. The van der Waals surface area contributed by atoms with Crippen LogP contribution in [0.1, 0.15) is 6.42 Å². The molecule has 1 saturated heterocycles. The minimum atomic E-state index is -0.795. The van der Waals surface area contributed by atoms with Crippen LogP contribution in [0.2, 0.25) is 5.02 Å². The standard InChI is InChI=1S/C19H17Br2ClN2O5/c20-16-10-5-11(17(16)21)15-14(10)18(27)24(19(15)28)6-13(26)29-7-12(25)23-9-3-1-8(22)2-4-9/h1-4,10-11,14-17H,5-7H2,(H,23,25)/t10-,11-,14-,15+,16-,17+/m1/s1. The molecule has 0 unspecified atom stereocenters. The van der Waals surface area contributed by atoms with Gasteiger partial charge in [0.05, 0.1) is 11.8 Å². The first-order valence-corrected chi connectivity index (χ1v) is 11.3. The van der Waals surface area contributed by atoms with Crippen molar-refractivity contribution in [2.45, 2.75) is 16.1 Å². The molecule has 3 aliphatic rings. The monoisotopic (exact) mass is 546 g/mol. The maximum Gasteiger partial charge on any atom is 0.326 e. The number of hydrogen-bond donors (Lipinski definition) is 1. The maximum atomic E-state index is 12.8. The van der Waals surface area contributed by atoms with E-state index >= 15 is 0 Å². The summed E-state index contributed by atoms with van der Waals surface area (Å²) in [6.07, 6.45) is 0.821. The molecule has 7 nitrogen and oxygen atoms in total. The number of esters is 1. The van der Waals surface area contributed by atoms with E-state index in [-0.39, 0.29) is 45.1 Å². The Morgan fingerprint density at radius 2 is 1.62 bits per heavy atom. The predicted molar refractivity (Wildman–Crippen MR) is 112 cm³/mol. The van der Waals surface area contributed by atoms with Crippen molar-refractivity contribution in [3.8, 4) is 0 Å². The highest BCUT2D eigenvalue weighted by molar-refractivity contribution is 9.12. The number of rotatable bonds is 5. The van der Waals surface area contributed by atoms with Gasteiger partial charge in [-0.1, -0.05) is 43.5 Å². The fourth-order valence-electron chi connectivity index (χ4n) is 4.62.